The van der Waals surface area contributed by atoms with Gasteiger partial charge in [-0.3, -0.25) is 4.79 Å². The number of aliphatic hydroxyl groups is 1. The monoisotopic (exact) mass is 280 g/mol. The van der Waals surface area contributed by atoms with Crippen molar-refractivity contribution in [3.8, 4) is 0 Å². The van der Waals surface area contributed by atoms with Crippen molar-refractivity contribution in [3.63, 3.8) is 0 Å². The second-order valence-corrected chi connectivity index (χ2v) is 6.22. The lowest BCUT2D eigenvalue weighted by atomic mass is 10.1. The Balaban J connectivity index is 1.76. The lowest BCUT2D eigenvalue weighted by molar-refractivity contribution is -0.120. The van der Waals surface area contributed by atoms with E-state index >= 15 is 0 Å². The van der Waals surface area contributed by atoms with E-state index in [1.807, 2.05) is 37.3 Å². The molecule has 1 aromatic rings. The van der Waals surface area contributed by atoms with Gasteiger partial charge >= 0.3 is 0 Å². The van der Waals surface area contributed by atoms with Gasteiger partial charge in [-0.1, -0.05) is 18.2 Å². The standard InChI is InChI=1S/C14H20N2O2S/c1-10(19-12-5-3-2-4-6-12)14(18)16-8-11-7-15-9-13(11)17/h2-6,10-11,13,15,17H,7-9H2,1H3,(H,16,18). The first kappa shape index (κ1) is 14.4. The fourth-order valence-electron chi connectivity index (χ4n) is 2.06. The highest BCUT2D eigenvalue weighted by atomic mass is 32.2. The maximum Gasteiger partial charge on any atom is 0.233 e. The summed E-state index contributed by atoms with van der Waals surface area (Å²) in [6.45, 7) is 3.82. The van der Waals surface area contributed by atoms with Crippen molar-refractivity contribution in [2.45, 2.75) is 23.2 Å². The SMILES string of the molecule is CC(Sc1ccccc1)C(=O)NCC1CNCC1O. The Hall–Kier alpha value is -1.04. The molecule has 1 aromatic carbocycles. The number of β-amino-alcohol motifs (C(OH)–C–C–N with tert-alkyl or cyclic N) is 1. The van der Waals surface area contributed by atoms with Gasteiger partial charge < -0.3 is 15.7 Å². The molecule has 2 rings (SSSR count). The third-order valence-corrected chi connectivity index (χ3v) is 4.38. The molecule has 5 heteroatoms. The maximum absolute atomic E-state index is 12.0. The van der Waals surface area contributed by atoms with Crippen molar-refractivity contribution < 1.29 is 9.90 Å². The van der Waals surface area contributed by atoms with Crippen LogP contribution >= 0.6 is 11.8 Å². The molecule has 4 nitrogen and oxygen atoms in total. The Morgan fingerprint density at radius 2 is 2.21 bits per heavy atom. The quantitative estimate of drug-likeness (QED) is 0.700. The van der Waals surface area contributed by atoms with Gasteiger partial charge in [-0.25, -0.2) is 0 Å². The molecule has 0 bridgehead atoms. The topological polar surface area (TPSA) is 61.4 Å². The first-order valence-electron chi connectivity index (χ1n) is 6.55. The molecule has 3 atom stereocenters. The van der Waals surface area contributed by atoms with Gasteiger partial charge in [0.1, 0.15) is 0 Å². The Labute approximate surface area is 118 Å². The van der Waals surface area contributed by atoms with E-state index in [0.717, 1.165) is 11.4 Å². The first-order chi connectivity index (χ1) is 9.16. The van der Waals surface area contributed by atoms with Crippen molar-refractivity contribution in [2.24, 2.45) is 5.92 Å². The number of thioether (sulfide) groups is 1. The number of carbonyl (C=O) groups excluding carboxylic acids is 1. The molecular formula is C14H20N2O2S. The van der Waals surface area contributed by atoms with E-state index in [-0.39, 0.29) is 23.2 Å². The first-order valence-corrected chi connectivity index (χ1v) is 7.43. The normalized spacial score (nSPS) is 24.1. The average molecular weight is 280 g/mol. The highest BCUT2D eigenvalue weighted by Gasteiger charge is 2.25. The number of benzene rings is 1. The van der Waals surface area contributed by atoms with Crippen molar-refractivity contribution in [1.29, 1.82) is 0 Å². The van der Waals surface area contributed by atoms with E-state index in [9.17, 15) is 9.90 Å². The number of amides is 1. The lowest BCUT2D eigenvalue weighted by Gasteiger charge is -2.16. The molecule has 3 unspecified atom stereocenters. The lowest BCUT2D eigenvalue weighted by Crippen LogP contribution is -2.38. The third kappa shape index (κ3) is 4.23. The van der Waals surface area contributed by atoms with E-state index in [1.54, 1.807) is 11.8 Å². The maximum atomic E-state index is 12.0. The van der Waals surface area contributed by atoms with Crippen LogP contribution in [0.25, 0.3) is 0 Å². The fourth-order valence-corrected chi connectivity index (χ4v) is 2.97. The highest BCUT2D eigenvalue weighted by molar-refractivity contribution is 8.00. The van der Waals surface area contributed by atoms with Crippen molar-refractivity contribution >= 4 is 17.7 Å². The van der Waals surface area contributed by atoms with Crippen LogP contribution in [0.5, 0.6) is 0 Å². The van der Waals surface area contributed by atoms with Crippen LogP contribution in [0.1, 0.15) is 6.92 Å². The molecule has 1 heterocycles. The highest BCUT2D eigenvalue weighted by Crippen LogP contribution is 2.22. The number of rotatable bonds is 5. The van der Waals surface area contributed by atoms with Crippen LogP contribution in [0.3, 0.4) is 0 Å². The molecule has 1 amide bonds. The van der Waals surface area contributed by atoms with Crippen LogP contribution in [0.2, 0.25) is 0 Å². The Bertz CT molecular complexity index is 413. The number of hydrogen-bond donors (Lipinski definition) is 3. The molecule has 0 radical (unpaired) electrons. The second kappa shape index (κ2) is 6.93. The van der Waals surface area contributed by atoms with Gasteiger partial charge in [-0.2, -0.15) is 0 Å². The van der Waals surface area contributed by atoms with Crippen molar-refractivity contribution in [2.75, 3.05) is 19.6 Å². The molecule has 0 spiro atoms. The van der Waals surface area contributed by atoms with Crippen molar-refractivity contribution in [1.82, 2.24) is 10.6 Å². The van der Waals surface area contributed by atoms with E-state index in [4.69, 9.17) is 0 Å². The van der Waals surface area contributed by atoms with Crippen LogP contribution < -0.4 is 10.6 Å². The number of carbonyl (C=O) groups is 1. The summed E-state index contributed by atoms with van der Waals surface area (Å²) >= 11 is 1.54. The predicted molar refractivity (Wildman–Crippen MR) is 77.1 cm³/mol. The zero-order chi connectivity index (χ0) is 13.7. The van der Waals surface area contributed by atoms with Crippen LogP contribution in [0.4, 0.5) is 0 Å². The molecule has 19 heavy (non-hydrogen) atoms. The third-order valence-electron chi connectivity index (χ3n) is 3.27. The van der Waals surface area contributed by atoms with Gasteiger partial charge in [-0.05, 0) is 19.1 Å². The summed E-state index contributed by atoms with van der Waals surface area (Å²) < 4.78 is 0. The summed E-state index contributed by atoms with van der Waals surface area (Å²) in [7, 11) is 0. The average Bonchev–Trinajstić information content (AvgIpc) is 2.82. The summed E-state index contributed by atoms with van der Waals surface area (Å²) in [6, 6.07) is 9.89. The molecule has 0 aromatic heterocycles. The molecular weight excluding hydrogens is 260 g/mol. The minimum Gasteiger partial charge on any atom is -0.391 e. The minimum absolute atomic E-state index is 0.0213. The summed E-state index contributed by atoms with van der Waals surface area (Å²) in [5, 5.41) is 15.5. The van der Waals surface area contributed by atoms with Crippen LogP contribution in [-0.2, 0) is 4.79 Å². The molecule has 1 fully saturated rings. The van der Waals surface area contributed by atoms with Gasteiger partial charge in [0.05, 0.1) is 11.4 Å². The molecule has 1 aliphatic rings. The van der Waals surface area contributed by atoms with Crippen LogP contribution in [0, 0.1) is 5.92 Å². The Morgan fingerprint density at radius 1 is 1.47 bits per heavy atom. The summed E-state index contributed by atoms with van der Waals surface area (Å²) in [5.41, 5.74) is 0. The second-order valence-electron chi connectivity index (χ2n) is 4.80. The molecule has 0 saturated carbocycles. The predicted octanol–water partition coefficient (Wildman–Crippen LogP) is 0.864. The summed E-state index contributed by atoms with van der Waals surface area (Å²) in [5.74, 6) is 0.144. The Morgan fingerprint density at radius 3 is 2.84 bits per heavy atom. The van der Waals surface area contributed by atoms with Gasteiger partial charge in [-0.15, -0.1) is 11.8 Å². The van der Waals surface area contributed by atoms with E-state index in [1.165, 1.54) is 0 Å². The van der Waals surface area contributed by atoms with E-state index in [2.05, 4.69) is 10.6 Å². The van der Waals surface area contributed by atoms with Gasteiger partial charge in [0.15, 0.2) is 0 Å². The molecule has 3 N–H and O–H groups in total. The molecule has 1 aliphatic heterocycles. The van der Waals surface area contributed by atoms with E-state index < -0.39 is 0 Å². The van der Waals surface area contributed by atoms with Gasteiger partial charge in [0, 0.05) is 30.4 Å². The largest absolute Gasteiger partial charge is 0.391 e. The minimum atomic E-state index is -0.350. The van der Waals surface area contributed by atoms with Crippen LogP contribution in [0.15, 0.2) is 35.2 Å². The summed E-state index contributed by atoms with van der Waals surface area (Å²) in [4.78, 5) is 13.1. The summed E-state index contributed by atoms with van der Waals surface area (Å²) in [6.07, 6.45) is -0.350. The van der Waals surface area contributed by atoms with Gasteiger partial charge in [0.2, 0.25) is 5.91 Å². The Kier molecular flexibility index (Phi) is 5.24. The number of hydrogen-bond acceptors (Lipinski definition) is 4. The zero-order valence-corrected chi connectivity index (χ0v) is 11.8. The van der Waals surface area contributed by atoms with Crippen molar-refractivity contribution in [3.05, 3.63) is 30.3 Å². The number of aliphatic hydroxyl groups excluding tert-OH is 1. The van der Waals surface area contributed by atoms with Gasteiger partial charge in [0.25, 0.3) is 0 Å². The molecule has 104 valence electrons. The fraction of sp³-hybridized carbons (Fsp3) is 0.500. The zero-order valence-electron chi connectivity index (χ0n) is 11.0. The smallest absolute Gasteiger partial charge is 0.233 e. The molecule has 0 aliphatic carbocycles. The van der Waals surface area contributed by atoms with Crippen LogP contribution in [-0.4, -0.2) is 42.0 Å². The molecule has 1 saturated heterocycles. The number of nitrogens with one attached hydrogen (secondary N) is 2. The van der Waals surface area contributed by atoms with E-state index in [0.29, 0.717) is 13.1 Å².